The maximum absolute atomic E-state index is 11.9. The van der Waals surface area contributed by atoms with Gasteiger partial charge in [-0.2, -0.15) is 0 Å². The molecule has 2 rings (SSSR count). The number of hydrogen-bond acceptors (Lipinski definition) is 1. The molecule has 0 spiro atoms. The first kappa shape index (κ1) is 14.1. The monoisotopic (exact) mass is 273 g/mol. The number of para-hydroxylation sites is 1. The van der Waals surface area contributed by atoms with Crippen molar-refractivity contribution in [3.05, 3.63) is 36.0 Å². The van der Waals surface area contributed by atoms with Gasteiger partial charge in [-0.3, -0.25) is 4.79 Å². The highest BCUT2D eigenvalue weighted by molar-refractivity contribution is 6.79. The molecule has 19 heavy (non-hydrogen) atoms. The van der Waals surface area contributed by atoms with E-state index in [0.717, 1.165) is 10.9 Å². The molecule has 0 fully saturated rings. The zero-order valence-corrected chi connectivity index (χ0v) is 13.7. The molecular formula is C16H23NOSi. The minimum absolute atomic E-state index is 0.147. The number of fused-ring (bicyclic) bond motifs is 1. The number of ketones is 1. The molecule has 0 bridgehead atoms. The smallest absolute Gasteiger partial charge is 0.161 e. The van der Waals surface area contributed by atoms with Crippen LogP contribution >= 0.6 is 0 Å². The summed E-state index contributed by atoms with van der Waals surface area (Å²) in [6.07, 6.45) is 2.07. The number of Topliss-reactive ketones (excluding diaryl/α,β-unsaturated/α-hetero) is 1. The Kier molecular flexibility index (Phi) is 3.21. The fourth-order valence-corrected chi connectivity index (χ4v) is 4.26. The first-order valence-electron chi connectivity index (χ1n) is 6.78. The van der Waals surface area contributed by atoms with Gasteiger partial charge in [0.25, 0.3) is 0 Å². The van der Waals surface area contributed by atoms with E-state index in [1.807, 2.05) is 6.07 Å². The summed E-state index contributed by atoms with van der Waals surface area (Å²) in [4.78, 5) is 11.9. The molecule has 0 amide bonds. The van der Waals surface area contributed by atoms with Crippen molar-refractivity contribution in [2.45, 2.75) is 45.8 Å². The van der Waals surface area contributed by atoms with Gasteiger partial charge in [0, 0.05) is 22.7 Å². The maximum Gasteiger partial charge on any atom is 0.161 e. The van der Waals surface area contributed by atoms with Crippen LogP contribution in [0.3, 0.4) is 0 Å². The summed E-state index contributed by atoms with van der Waals surface area (Å²) in [5.41, 5.74) is 2.04. The van der Waals surface area contributed by atoms with E-state index in [0.29, 0.717) is 0 Å². The van der Waals surface area contributed by atoms with Gasteiger partial charge in [0.1, 0.15) is 0 Å². The number of hydrogen-bond donors (Lipinski definition) is 0. The fraction of sp³-hybridized carbons (Fsp3) is 0.438. The van der Waals surface area contributed by atoms with Gasteiger partial charge in [0.2, 0.25) is 0 Å². The van der Waals surface area contributed by atoms with Gasteiger partial charge in [-0.05, 0) is 18.0 Å². The Balaban J connectivity index is 2.79. The van der Waals surface area contributed by atoms with E-state index in [1.165, 1.54) is 5.52 Å². The van der Waals surface area contributed by atoms with Crippen molar-refractivity contribution in [3.63, 3.8) is 0 Å². The summed E-state index contributed by atoms with van der Waals surface area (Å²) in [5.74, 6) is 0.147. The van der Waals surface area contributed by atoms with Crippen LogP contribution in [0, 0.1) is 0 Å². The summed E-state index contributed by atoms with van der Waals surface area (Å²) in [7, 11) is -1.71. The van der Waals surface area contributed by atoms with Crippen LogP contribution in [0.4, 0.5) is 0 Å². The Hall–Kier alpha value is -1.35. The van der Waals surface area contributed by atoms with Gasteiger partial charge in [-0.15, -0.1) is 0 Å². The van der Waals surface area contributed by atoms with Crippen molar-refractivity contribution in [1.82, 2.24) is 4.23 Å². The van der Waals surface area contributed by atoms with Crippen molar-refractivity contribution in [3.8, 4) is 0 Å². The first-order chi connectivity index (χ1) is 8.66. The van der Waals surface area contributed by atoms with Gasteiger partial charge in [-0.1, -0.05) is 52.1 Å². The predicted octanol–water partition coefficient (Wildman–Crippen LogP) is 4.70. The molecule has 1 aromatic carbocycles. The van der Waals surface area contributed by atoms with Gasteiger partial charge >= 0.3 is 0 Å². The second-order valence-electron chi connectivity index (χ2n) is 6.80. The van der Waals surface area contributed by atoms with E-state index >= 15 is 0 Å². The highest BCUT2D eigenvalue weighted by Gasteiger charge is 2.38. The lowest BCUT2D eigenvalue weighted by Gasteiger charge is -2.38. The van der Waals surface area contributed by atoms with Crippen molar-refractivity contribution in [1.29, 1.82) is 0 Å². The molecule has 3 heteroatoms. The van der Waals surface area contributed by atoms with E-state index in [-0.39, 0.29) is 10.8 Å². The van der Waals surface area contributed by atoms with E-state index in [4.69, 9.17) is 0 Å². The van der Waals surface area contributed by atoms with Gasteiger partial charge in [0.05, 0.1) is 0 Å². The molecule has 0 saturated carbocycles. The fourth-order valence-electron chi connectivity index (χ4n) is 2.28. The number of carbonyl (C=O) groups is 1. The van der Waals surface area contributed by atoms with Crippen LogP contribution in [0.2, 0.25) is 18.1 Å². The van der Waals surface area contributed by atoms with E-state index in [1.54, 1.807) is 6.92 Å². The minimum Gasteiger partial charge on any atom is -0.373 e. The molecule has 0 saturated heterocycles. The molecule has 2 aromatic rings. The molecule has 0 aliphatic carbocycles. The van der Waals surface area contributed by atoms with Crippen LogP contribution in [0.25, 0.3) is 10.9 Å². The van der Waals surface area contributed by atoms with Crippen molar-refractivity contribution in [2.24, 2.45) is 0 Å². The van der Waals surface area contributed by atoms with E-state index < -0.39 is 8.24 Å². The lowest BCUT2D eigenvalue weighted by molar-refractivity contribution is 0.101. The van der Waals surface area contributed by atoms with Crippen LogP contribution in [0.1, 0.15) is 38.1 Å². The molecule has 1 aromatic heterocycles. The average Bonchev–Trinajstić information content (AvgIpc) is 2.67. The van der Waals surface area contributed by atoms with Crippen molar-refractivity contribution < 1.29 is 4.79 Å². The first-order valence-corrected chi connectivity index (χ1v) is 9.72. The van der Waals surface area contributed by atoms with Gasteiger partial charge in [-0.25, -0.2) is 0 Å². The van der Waals surface area contributed by atoms with Crippen molar-refractivity contribution in [2.75, 3.05) is 0 Å². The highest BCUT2D eigenvalue weighted by atomic mass is 28.3. The van der Waals surface area contributed by atoms with E-state index in [2.05, 4.69) is 62.5 Å². The third-order valence-electron chi connectivity index (χ3n) is 4.53. The predicted molar refractivity (Wildman–Crippen MR) is 84.5 cm³/mol. The summed E-state index contributed by atoms with van der Waals surface area (Å²) < 4.78 is 2.39. The summed E-state index contributed by atoms with van der Waals surface area (Å²) in [5, 5.41) is 1.32. The SMILES string of the molecule is CC(=O)c1cn([Si](C)(C)C(C)(C)C)c2ccccc12. The maximum atomic E-state index is 11.9. The Morgan fingerprint density at radius 2 is 1.74 bits per heavy atom. The summed E-state index contributed by atoms with van der Waals surface area (Å²) in [6.45, 7) is 13.3. The molecule has 0 aliphatic rings. The van der Waals surface area contributed by atoms with Crippen LogP contribution < -0.4 is 0 Å². The van der Waals surface area contributed by atoms with Crippen LogP contribution in [0.15, 0.2) is 30.5 Å². The van der Waals surface area contributed by atoms with Crippen LogP contribution in [0.5, 0.6) is 0 Å². The number of carbonyl (C=O) groups excluding carboxylic acids is 1. The van der Waals surface area contributed by atoms with Crippen molar-refractivity contribution >= 4 is 24.9 Å². The molecule has 102 valence electrons. The molecule has 2 nitrogen and oxygen atoms in total. The molecule has 0 radical (unpaired) electrons. The lowest BCUT2D eigenvalue weighted by Crippen LogP contribution is -2.44. The normalized spacial score (nSPS) is 12.9. The number of benzene rings is 1. The third-order valence-corrected chi connectivity index (χ3v) is 9.77. The molecular weight excluding hydrogens is 250 g/mol. The third kappa shape index (κ3) is 2.16. The number of nitrogens with zero attached hydrogens (tertiary/aromatic N) is 1. The molecule has 0 N–H and O–H groups in total. The molecule has 0 unspecified atom stereocenters. The van der Waals surface area contributed by atoms with Gasteiger partial charge < -0.3 is 4.23 Å². The van der Waals surface area contributed by atoms with Gasteiger partial charge in [0.15, 0.2) is 14.0 Å². The summed E-state index contributed by atoms with van der Waals surface area (Å²) >= 11 is 0. The standard InChI is InChI=1S/C16H23NOSi/c1-12(18)14-11-17(19(5,6)16(2,3)4)15-10-8-7-9-13(14)15/h7-11H,1-6H3. The van der Waals surface area contributed by atoms with E-state index in [9.17, 15) is 4.79 Å². The Bertz CT molecular complexity index is 632. The topological polar surface area (TPSA) is 22.0 Å². The molecule has 1 heterocycles. The zero-order valence-electron chi connectivity index (χ0n) is 12.7. The Labute approximate surface area is 116 Å². The average molecular weight is 273 g/mol. The largest absolute Gasteiger partial charge is 0.373 e. The number of rotatable bonds is 2. The molecule has 0 atom stereocenters. The Morgan fingerprint density at radius 3 is 2.26 bits per heavy atom. The zero-order chi connectivity index (χ0) is 14.4. The number of aromatic nitrogens is 1. The van der Waals surface area contributed by atoms with Crippen LogP contribution in [-0.4, -0.2) is 18.3 Å². The highest BCUT2D eigenvalue weighted by Crippen LogP contribution is 2.39. The Morgan fingerprint density at radius 1 is 1.16 bits per heavy atom. The van der Waals surface area contributed by atoms with Crippen LogP contribution in [-0.2, 0) is 0 Å². The second kappa shape index (κ2) is 4.34. The second-order valence-corrected chi connectivity index (χ2v) is 11.9. The summed E-state index contributed by atoms with van der Waals surface area (Å²) in [6, 6.07) is 8.23. The molecule has 0 aliphatic heterocycles. The minimum atomic E-state index is -1.71. The quantitative estimate of drug-likeness (QED) is 0.574. The lowest BCUT2D eigenvalue weighted by atomic mass is 10.1.